The maximum atomic E-state index is 11.0. The van der Waals surface area contributed by atoms with E-state index in [9.17, 15) is 25.3 Å². The van der Waals surface area contributed by atoms with E-state index < -0.39 is 15.5 Å². The second kappa shape index (κ2) is 6.52. The molecule has 118 valence electrons. The van der Waals surface area contributed by atoms with Gasteiger partial charge >= 0.3 is 5.69 Å². The van der Waals surface area contributed by atoms with Crippen LogP contribution in [0.5, 0.6) is 5.75 Å². The third kappa shape index (κ3) is 3.59. The van der Waals surface area contributed by atoms with Crippen molar-refractivity contribution in [3.05, 3.63) is 68.3 Å². The SMILES string of the molecule is C/C(=N\Nc1ccc([N+](=O)[O-])cc1[N+](=O)[O-])c1ccccc1O. The number of para-hydroxylation sites is 1. The monoisotopic (exact) mass is 316 g/mol. The summed E-state index contributed by atoms with van der Waals surface area (Å²) in [5.74, 6) is 0.0220. The van der Waals surface area contributed by atoms with E-state index in [1.165, 1.54) is 12.1 Å². The van der Waals surface area contributed by atoms with Gasteiger partial charge in [0.2, 0.25) is 0 Å². The summed E-state index contributed by atoms with van der Waals surface area (Å²) in [5, 5.41) is 35.4. The number of hydrogen-bond donors (Lipinski definition) is 2. The largest absolute Gasteiger partial charge is 0.507 e. The van der Waals surface area contributed by atoms with E-state index in [2.05, 4.69) is 10.5 Å². The van der Waals surface area contributed by atoms with Crippen molar-refractivity contribution in [2.24, 2.45) is 5.10 Å². The lowest BCUT2D eigenvalue weighted by molar-refractivity contribution is -0.393. The zero-order valence-corrected chi connectivity index (χ0v) is 12.0. The van der Waals surface area contributed by atoms with Gasteiger partial charge in [-0.25, -0.2) is 0 Å². The van der Waals surface area contributed by atoms with Crippen molar-refractivity contribution < 1.29 is 15.0 Å². The Hall–Kier alpha value is -3.49. The summed E-state index contributed by atoms with van der Waals surface area (Å²) in [6, 6.07) is 9.69. The first-order chi connectivity index (χ1) is 10.9. The molecule has 0 bridgehead atoms. The molecule has 0 heterocycles. The van der Waals surface area contributed by atoms with Crippen LogP contribution < -0.4 is 5.43 Å². The van der Waals surface area contributed by atoms with Gasteiger partial charge in [0, 0.05) is 11.6 Å². The fraction of sp³-hybridized carbons (Fsp3) is 0.0714. The molecule has 0 aromatic heterocycles. The zero-order chi connectivity index (χ0) is 17.0. The smallest absolute Gasteiger partial charge is 0.301 e. The summed E-state index contributed by atoms with van der Waals surface area (Å²) in [5.41, 5.74) is 2.52. The lowest BCUT2D eigenvalue weighted by Gasteiger charge is -2.06. The van der Waals surface area contributed by atoms with E-state index >= 15 is 0 Å². The van der Waals surface area contributed by atoms with Crippen molar-refractivity contribution in [3.63, 3.8) is 0 Å². The molecule has 0 saturated heterocycles. The van der Waals surface area contributed by atoms with Crippen molar-refractivity contribution in [2.45, 2.75) is 6.92 Å². The van der Waals surface area contributed by atoms with Crippen molar-refractivity contribution in [1.29, 1.82) is 0 Å². The highest BCUT2D eigenvalue weighted by Crippen LogP contribution is 2.29. The molecular formula is C14H12N4O5. The quantitative estimate of drug-likeness (QED) is 0.495. The molecule has 0 spiro atoms. The van der Waals surface area contributed by atoms with E-state index in [1.54, 1.807) is 25.1 Å². The molecule has 0 aliphatic rings. The van der Waals surface area contributed by atoms with E-state index in [0.717, 1.165) is 12.1 Å². The van der Waals surface area contributed by atoms with Crippen molar-refractivity contribution in [1.82, 2.24) is 0 Å². The fourth-order valence-corrected chi connectivity index (χ4v) is 1.86. The summed E-state index contributed by atoms with van der Waals surface area (Å²) in [4.78, 5) is 20.3. The molecule has 0 fully saturated rings. The highest BCUT2D eigenvalue weighted by molar-refractivity contribution is 6.01. The van der Waals surface area contributed by atoms with Gasteiger partial charge in [-0.1, -0.05) is 12.1 Å². The molecule has 2 aromatic rings. The Morgan fingerprint density at radius 2 is 1.83 bits per heavy atom. The summed E-state index contributed by atoms with van der Waals surface area (Å²) in [6.07, 6.45) is 0. The van der Waals surface area contributed by atoms with Crippen LogP contribution in [0, 0.1) is 20.2 Å². The number of anilines is 1. The van der Waals surface area contributed by atoms with E-state index in [4.69, 9.17) is 0 Å². The lowest BCUT2D eigenvalue weighted by atomic mass is 10.1. The molecule has 2 aromatic carbocycles. The molecule has 9 nitrogen and oxygen atoms in total. The number of benzene rings is 2. The minimum Gasteiger partial charge on any atom is -0.507 e. The average molecular weight is 316 g/mol. The minimum atomic E-state index is -0.736. The van der Waals surface area contributed by atoms with Gasteiger partial charge in [-0.15, -0.1) is 0 Å². The van der Waals surface area contributed by atoms with Gasteiger partial charge in [-0.2, -0.15) is 5.10 Å². The molecule has 0 saturated carbocycles. The van der Waals surface area contributed by atoms with Gasteiger partial charge in [-0.05, 0) is 25.1 Å². The predicted molar refractivity (Wildman–Crippen MR) is 83.7 cm³/mol. The fourth-order valence-electron chi connectivity index (χ4n) is 1.86. The first kappa shape index (κ1) is 15.9. The lowest BCUT2D eigenvalue weighted by Crippen LogP contribution is -2.02. The van der Waals surface area contributed by atoms with Crippen LogP contribution in [0.3, 0.4) is 0 Å². The van der Waals surface area contributed by atoms with Gasteiger partial charge in [-0.3, -0.25) is 25.7 Å². The van der Waals surface area contributed by atoms with Crippen molar-refractivity contribution in [2.75, 3.05) is 5.43 Å². The zero-order valence-electron chi connectivity index (χ0n) is 12.0. The number of non-ortho nitro benzene ring substituents is 1. The number of nitro benzene ring substituents is 2. The van der Waals surface area contributed by atoms with Crippen molar-refractivity contribution in [3.8, 4) is 5.75 Å². The number of rotatable bonds is 5. The van der Waals surface area contributed by atoms with Crippen LogP contribution >= 0.6 is 0 Å². The number of nitro groups is 2. The van der Waals surface area contributed by atoms with Crippen LogP contribution in [0.1, 0.15) is 12.5 Å². The second-order valence-electron chi connectivity index (χ2n) is 4.54. The normalized spacial score (nSPS) is 11.1. The molecule has 9 heteroatoms. The Morgan fingerprint density at radius 3 is 2.43 bits per heavy atom. The highest BCUT2D eigenvalue weighted by Gasteiger charge is 2.19. The molecular weight excluding hydrogens is 304 g/mol. The summed E-state index contributed by atoms with van der Waals surface area (Å²) >= 11 is 0. The number of phenolic OH excluding ortho intramolecular Hbond substituents is 1. The summed E-state index contributed by atoms with van der Waals surface area (Å²) < 4.78 is 0. The van der Waals surface area contributed by atoms with Crippen LogP contribution in [0.2, 0.25) is 0 Å². The van der Waals surface area contributed by atoms with Crippen molar-refractivity contribution >= 4 is 22.8 Å². The molecule has 0 aliphatic carbocycles. The average Bonchev–Trinajstić information content (AvgIpc) is 2.52. The Morgan fingerprint density at radius 1 is 1.13 bits per heavy atom. The first-order valence-electron chi connectivity index (χ1n) is 6.41. The third-order valence-corrected chi connectivity index (χ3v) is 3.03. The molecule has 0 atom stereocenters. The molecule has 2 rings (SSSR count). The van der Waals surface area contributed by atoms with Crippen LogP contribution in [-0.2, 0) is 0 Å². The van der Waals surface area contributed by atoms with Gasteiger partial charge in [0.1, 0.15) is 11.4 Å². The maximum Gasteiger partial charge on any atom is 0.301 e. The van der Waals surface area contributed by atoms with E-state index in [1.807, 2.05) is 0 Å². The van der Waals surface area contributed by atoms with Crippen LogP contribution in [0.4, 0.5) is 17.1 Å². The number of nitrogens with zero attached hydrogens (tertiary/aromatic N) is 3. The van der Waals surface area contributed by atoms with E-state index in [-0.39, 0.29) is 17.1 Å². The number of aromatic hydroxyl groups is 1. The third-order valence-electron chi connectivity index (χ3n) is 3.03. The summed E-state index contributed by atoms with van der Waals surface area (Å²) in [6.45, 7) is 1.61. The van der Waals surface area contributed by atoms with Gasteiger partial charge in [0.05, 0.1) is 21.6 Å². The summed E-state index contributed by atoms with van der Waals surface area (Å²) in [7, 11) is 0. The molecule has 0 aliphatic heterocycles. The maximum absolute atomic E-state index is 11.0. The molecule has 0 unspecified atom stereocenters. The standard InChI is InChI=1S/C14H12N4O5/c1-9(11-4-2-3-5-14(11)19)15-16-12-7-6-10(17(20)21)8-13(12)18(22)23/h2-8,16,19H,1H3/b15-9+. The minimum absolute atomic E-state index is 0.00960. The van der Waals surface area contributed by atoms with Gasteiger partial charge in [0.15, 0.2) is 0 Å². The number of hydrogen-bond acceptors (Lipinski definition) is 7. The molecule has 2 N–H and O–H groups in total. The Balaban J connectivity index is 2.33. The second-order valence-corrected chi connectivity index (χ2v) is 4.54. The van der Waals surface area contributed by atoms with Gasteiger partial charge in [0.25, 0.3) is 5.69 Å². The first-order valence-corrected chi connectivity index (χ1v) is 6.41. The van der Waals surface area contributed by atoms with E-state index in [0.29, 0.717) is 11.3 Å². The molecule has 0 amide bonds. The topological polar surface area (TPSA) is 131 Å². The van der Waals surface area contributed by atoms with Gasteiger partial charge < -0.3 is 5.11 Å². The molecule has 0 radical (unpaired) electrons. The predicted octanol–water partition coefficient (Wildman–Crippen LogP) is 3.04. The Labute approximate surface area is 130 Å². The number of hydrazone groups is 1. The molecule has 23 heavy (non-hydrogen) atoms. The van der Waals surface area contributed by atoms with Crippen LogP contribution in [0.25, 0.3) is 0 Å². The number of nitrogens with one attached hydrogen (secondary N) is 1. The van der Waals surface area contributed by atoms with Crippen LogP contribution in [0.15, 0.2) is 47.6 Å². The Kier molecular flexibility index (Phi) is 4.50. The Bertz CT molecular complexity index is 804. The highest BCUT2D eigenvalue weighted by atomic mass is 16.6. The number of phenols is 1. The van der Waals surface area contributed by atoms with Crippen LogP contribution in [-0.4, -0.2) is 20.7 Å².